The third kappa shape index (κ3) is 3.52. The van der Waals surface area contributed by atoms with Crippen molar-refractivity contribution in [1.29, 1.82) is 0 Å². The Morgan fingerprint density at radius 1 is 1.26 bits per heavy atom. The predicted octanol–water partition coefficient (Wildman–Crippen LogP) is 3.25. The van der Waals surface area contributed by atoms with Gasteiger partial charge in [-0.3, -0.25) is 9.78 Å². The largest absolute Gasteiger partial charge is 0.368 e. The van der Waals surface area contributed by atoms with E-state index in [4.69, 9.17) is 0 Å². The number of rotatable bonds is 4. The lowest BCUT2D eigenvalue weighted by Crippen LogP contribution is -2.30. The van der Waals surface area contributed by atoms with Crippen LogP contribution in [0.15, 0.2) is 48.7 Å². The average Bonchev–Trinajstić information content (AvgIpc) is 2.93. The van der Waals surface area contributed by atoms with Crippen LogP contribution in [0.4, 0.5) is 5.69 Å². The van der Waals surface area contributed by atoms with E-state index in [1.54, 1.807) is 6.20 Å². The number of benzene rings is 1. The quantitative estimate of drug-likeness (QED) is 0.943. The molecule has 1 saturated heterocycles. The van der Waals surface area contributed by atoms with E-state index in [-0.39, 0.29) is 5.91 Å². The van der Waals surface area contributed by atoms with Crippen LogP contribution in [0.1, 0.15) is 36.3 Å². The zero-order valence-electron chi connectivity index (χ0n) is 13.7. The average molecular weight is 309 g/mol. The van der Waals surface area contributed by atoms with E-state index in [1.165, 1.54) is 6.42 Å². The van der Waals surface area contributed by atoms with Gasteiger partial charge in [0.05, 0.1) is 0 Å². The van der Waals surface area contributed by atoms with E-state index in [0.717, 1.165) is 17.8 Å². The Balaban J connectivity index is 1.68. The minimum Gasteiger partial charge on any atom is -0.368 e. The van der Waals surface area contributed by atoms with Crippen molar-refractivity contribution in [2.75, 3.05) is 11.4 Å². The van der Waals surface area contributed by atoms with Crippen molar-refractivity contribution in [2.24, 2.45) is 5.92 Å². The van der Waals surface area contributed by atoms with Crippen molar-refractivity contribution >= 4 is 11.6 Å². The number of aromatic nitrogens is 1. The zero-order chi connectivity index (χ0) is 16.2. The van der Waals surface area contributed by atoms with Gasteiger partial charge in [-0.05, 0) is 37.0 Å². The van der Waals surface area contributed by atoms with E-state index in [0.29, 0.717) is 24.2 Å². The van der Waals surface area contributed by atoms with E-state index in [1.807, 2.05) is 42.5 Å². The molecule has 1 aromatic carbocycles. The maximum Gasteiger partial charge on any atom is 0.270 e. The molecule has 120 valence electrons. The minimum absolute atomic E-state index is 0.129. The number of carbonyl (C=O) groups is 1. The standard InChI is InChI=1S/C19H23N3O/c1-14-9-11-22(15(14)2)17-8-10-20-18(12-17)19(23)21-13-16-6-4-3-5-7-16/h3-8,10,12,14-15H,9,11,13H2,1-2H3,(H,21,23). The highest BCUT2D eigenvalue weighted by Crippen LogP contribution is 2.29. The first kappa shape index (κ1) is 15.5. The van der Waals surface area contributed by atoms with Gasteiger partial charge in [0, 0.05) is 31.0 Å². The lowest BCUT2D eigenvalue weighted by molar-refractivity contribution is 0.0946. The Morgan fingerprint density at radius 3 is 2.74 bits per heavy atom. The van der Waals surface area contributed by atoms with E-state index in [9.17, 15) is 4.79 Å². The second-order valence-corrected chi connectivity index (χ2v) is 6.27. The Bertz CT molecular complexity index is 671. The fourth-order valence-corrected chi connectivity index (χ4v) is 3.05. The second kappa shape index (κ2) is 6.82. The Morgan fingerprint density at radius 2 is 2.04 bits per heavy atom. The third-order valence-electron chi connectivity index (χ3n) is 4.74. The lowest BCUT2D eigenvalue weighted by Gasteiger charge is -2.25. The van der Waals surface area contributed by atoms with Crippen molar-refractivity contribution in [1.82, 2.24) is 10.3 Å². The number of nitrogens with one attached hydrogen (secondary N) is 1. The molecule has 1 aromatic heterocycles. The summed E-state index contributed by atoms with van der Waals surface area (Å²) in [5.41, 5.74) is 2.64. The van der Waals surface area contributed by atoms with Gasteiger partial charge in [0.15, 0.2) is 0 Å². The number of hydrogen-bond donors (Lipinski definition) is 1. The first-order chi connectivity index (χ1) is 11.1. The molecular formula is C19H23N3O. The Labute approximate surface area is 137 Å². The topological polar surface area (TPSA) is 45.2 Å². The van der Waals surface area contributed by atoms with Crippen molar-refractivity contribution in [3.63, 3.8) is 0 Å². The van der Waals surface area contributed by atoms with Crippen LogP contribution in [-0.4, -0.2) is 23.5 Å². The molecule has 1 aliphatic heterocycles. The molecule has 2 atom stereocenters. The van der Waals surface area contributed by atoms with E-state index < -0.39 is 0 Å². The van der Waals surface area contributed by atoms with E-state index in [2.05, 4.69) is 29.0 Å². The highest BCUT2D eigenvalue weighted by Gasteiger charge is 2.27. The second-order valence-electron chi connectivity index (χ2n) is 6.27. The van der Waals surface area contributed by atoms with Gasteiger partial charge in [0.2, 0.25) is 0 Å². The summed E-state index contributed by atoms with van der Waals surface area (Å²) in [6.07, 6.45) is 2.92. The van der Waals surface area contributed by atoms with Gasteiger partial charge in [-0.15, -0.1) is 0 Å². The zero-order valence-corrected chi connectivity index (χ0v) is 13.7. The summed E-state index contributed by atoms with van der Waals surface area (Å²) in [7, 11) is 0. The van der Waals surface area contributed by atoms with Crippen LogP contribution in [0, 0.1) is 5.92 Å². The molecule has 2 heterocycles. The van der Waals surface area contributed by atoms with Crippen LogP contribution in [0.5, 0.6) is 0 Å². The monoisotopic (exact) mass is 309 g/mol. The summed E-state index contributed by atoms with van der Waals surface area (Å²) >= 11 is 0. The lowest BCUT2D eigenvalue weighted by atomic mass is 10.1. The van der Waals surface area contributed by atoms with Crippen LogP contribution >= 0.6 is 0 Å². The van der Waals surface area contributed by atoms with Crippen LogP contribution < -0.4 is 10.2 Å². The first-order valence-electron chi connectivity index (χ1n) is 8.20. The van der Waals surface area contributed by atoms with Crippen LogP contribution in [0.25, 0.3) is 0 Å². The molecule has 23 heavy (non-hydrogen) atoms. The molecule has 3 rings (SSSR count). The SMILES string of the molecule is CC1CCN(c2ccnc(C(=O)NCc3ccccc3)c2)C1C. The van der Waals surface area contributed by atoms with Gasteiger partial charge in [0.1, 0.15) is 5.69 Å². The van der Waals surface area contributed by atoms with Crippen LogP contribution in [0.2, 0.25) is 0 Å². The molecule has 1 fully saturated rings. The molecule has 0 radical (unpaired) electrons. The molecule has 1 aliphatic rings. The van der Waals surface area contributed by atoms with Crippen LogP contribution in [0.3, 0.4) is 0 Å². The van der Waals surface area contributed by atoms with Crippen molar-refractivity contribution in [3.8, 4) is 0 Å². The predicted molar refractivity (Wildman–Crippen MR) is 92.4 cm³/mol. The number of nitrogens with zero attached hydrogens (tertiary/aromatic N) is 2. The molecule has 1 amide bonds. The highest BCUT2D eigenvalue weighted by atomic mass is 16.1. The van der Waals surface area contributed by atoms with Gasteiger partial charge in [0.25, 0.3) is 5.91 Å². The molecule has 0 saturated carbocycles. The maximum absolute atomic E-state index is 12.3. The molecule has 4 nitrogen and oxygen atoms in total. The van der Waals surface area contributed by atoms with Gasteiger partial charge in [-0.25, -0.2) is 0 Å². The molecule has 4 heteroatoms. The highest BCUT2D eigenvalue weighted by molar-refractivity contribution is 5.93. The minimum atomic E-state index is -0.129. The van der Waals surface area contributed by atoms with Gasteiger partial charge in [-0.2, -0.15) is 0 Å². The molecule has 0 bridgehead atoms. The number of amides is 1. The third-order valence-corrected chi connectivity index (χ3v) is 4.74. The summed E-state index contributed by atoms with van der Waals surface area (Å²) in [5.74, 6) is 0.550. The number of pyridine rings is 1. The summed E-state index contributed by atoms with van der Waals surface area (Å²) in [6, 6.07) is 14.3. The summed E-state index contributed by atoms with van der Waals surface area (Å²) in [4.78, 5) is 18.9. The summed E-state index contributed by atoms with van der Waals surface area (Å²) < 4.78 is 0. The smallest absolute Gasteiger partial charge is 0.270 e. The molecule has 1 N–H and O–H groups in total. The molecule has 2 aromatic rings. The Hall–Kier alpha value is -2.36. The fourth-order valence-electron chi connectivity index (χ4n) is 3.05. The fraction of sp³-hybridized carbons (Fsp3) is 0.368. The van der Waals surface area contributed by atoms with Crippen molar-refractivity contribution < 1.29 is 4.79 Å². The van der Waals surface area contributed by atoms with Crippen LogP contribution in [-0.2, 0) is 6.54 Å². The maximum atomic E-state index is 12.3. The number of carbonyl (C=O) groups excluding carboxylic acids is 1. The van der Waals surface area contributed by atoms with Crippen molar-refractivity contribution in [3.05, 3.63) is 59.9 Å². The van der Waals surface area contributed by atoms with E-state index >= 15 is 0 Å². The summed E-state index contributed by atoms with van der Waals surface area (Å²) in [6.45, 7) is 6.08. The Kier molecular flexibility index (Phi) is 4.60. The molecule has 2 unspecified atom stereocenters. The van der Waals surface area contributed by atoms with Gasteiger partial charge < -0.3 is 10.2 Å². The first-order valence-corrected chi connectivity index (χ1v) is 8.20. The van der Waals surface area contributed by atoms with Gasteiger partial charge >= 0.3 is 0 Å². The number of anilines is 1. The molecule has 0 aliphatic carbocycles. The number of hydrogen-bond acceptors (Lipinski definition) is 3. The normalized spacial score (nSPS) is 20.5. The van der Waals surface area contributed by atoms with Crippen molar-refractivity contribution in [2.45, 2.75) is 32.9 Å². The molecular weight excluding hydrogens is 286 g/mol. The summed E-state index contributed by atoms with van der Waals surface area (Å²) in [5, 5.41) is 2.93. The van der Waals surface area contributed by atoms with Gasteiger partial charge in [-0.1, -0.05) is 37.3 Å². The molecule has 0 spiro atoms.